The van der Waals surface area contributed by atoms with Crippen LogP contribution in [0.4, 0.5) is 0 Å². The highest BCUT2D eigenvalue weighted by molar-refractivity contribution is 7.89. The number of rotatable bonds is 5. The molecule has 0 saturated heterocycles. The highest BCUT2D eigenvalue weighted by Gasteiger charge is 2.29. The molecule has 0 atom stereocenters. The molecule has 1 aromatic rings. The second-order valence-corrected chi connectivity index (χ2v) is 7.83. The Morgan fingerprint density at radius 3 is 2.55 bits per heavy atom. The van der Waals surface area contributed by atoms with Gasteiger partial charge in [0.05, 0.1) is 5.56 Å². The predicted octanol–water partition coefficient (Wildman–Crippen LogP) is 1.82. The van der Waals surface area contributed by atoms with Crippen LogP contribution in [-0.2, 0) is 10.0 Å². The Morgan fingerprint density at radius 1 is 1.45 bits per heavy atom. The molecule has 7 heteroatoms. The number of nitrogens with two attached hydrogens (primary N) is 1. The van der Waals surface area contributed by atoms with Crippen molar-refractivity contribution in [3.63, 3.8) is 0 Å². The largest absolute Gasteiger partial charge is 0.330 e. The van der Waals surface area contributed by atoms with Gasteiger partial charge >= 0.3 is 0 Å². The van der Waals surface area contributed by atoms with Crippen LogP contribution in [0, 0.1) is 16.7 Å². The lowest BCUT2D eigenvalue weighted by Crippen LogP contribution is -2.39. The molecule has 0 aliphatic heterocycles. The summed E-state index contributed by atoms with van der Waals surface area (Å²) in [5.41, 5.74) is 5.34. The van der Waals surface area contributed by atoms with Gasteiger partial charge in [0.15, 0.2) is 0 Å². The Hall–Kier alpha value is -1.13. The van der Waals surface area contributed by atoms with Gasteiger partial charge in [0.2, 0.25) is 10.0 Å². The summed E-state index contributed by atoms with van der Waals surface area (Å²) in [6, 6.07) is 6.05. The number of hydrogen-bond donors (Lipinski definition) is 1. The summed E-state index contributed by atoms with van der Waals surface area (Å²) in [6.45, 7) is 4.36. The lowest BCUT2D eigenvalue weighted by molar-refractivity contribution is 0.292. The Balaban J connectivity index is 3.24. The lowest BCUT2D eigenvalue weighted by atomic mass is 9.94. The van der Waals surface area contributed by atoms with E-state index in [2.05, 4.69) is 0 Å². The van der Waals surface area contributed by atoms with Gasteiger partial charge in [0.25, 0.3) is 0 Å². The molecular weight excluding hydrogens is 298 g/mol. The van der Waals surface area contributed by atoms with E-state index in [1.807, 2.05) is 19.9 Å². The van der Waals surface area contributed by atoms with Gasteiger partial charge in [-0.2, -0.15) is 5.26 Å². The lowest BCUT2D eigenvalue weighted by Gasteiger charge is -2.28. The van der Waals surface area contributed by atoms with Gasteiger partial charge in [-0.1, -0.05) is 25.4 Å². The summed E-state index contributed by atoms with van der Waals surface area (Å²) in [5, 5.41) is 9.31. The molecule has 1 aromatic carbocycles. The van der Waals surface area contributed by atoms with E-state index in [4.69, 9.17) is 22.6 Å². The molecule has 0 aromatic heterocycles. The summed E-state index contributed by atoms with van der Waals surface area (Å²) in [7, 11) is -2.31. The van der Waals surface area contributed by atoms with Crippen LogP contribution in [-0.4, -0.2) is 32.9 Å². The second kappa shape index (κ2) is 6.10. The highest BCUT2D eigenvalue weighted by Crippen LogP contribution is 2.25. The Bertz CT molecular complexity index is 636. The van der Waals surface area contributed by atoms with Crippen molar-refractivity contribution in [2.24, 2.45) is 11.1 Å². The molecule has 0 saturated carbocycles. The first-order valence-electron chi connectivity index (χ1n) is 6.00. The van der Waals surface area contributed by atoms with E-state index in [1.54, 1.807) is 0 Å². The molecule has 5 nitrogen and oxygen atoms in total. The third-order valence-corrected chi connectivity index (χ3v) is 5.03. The summed E-state index contributed by atoms with van der Waals surface area (Å²) in [4.78, 5) is -0.0807. The first-order valence-corrected chi connectivity index (χ1v) is 7.82. The molecule has 0 unspecified atom stereocenters. The zero-order valence-electron chi connectivity index (χ0n) is 11.7. The van der Waals surface area contributed by atoms with Crippen molar-refractivity contribution in [3.05, 3.63) is 28.8 Å². The summed E-state index contributed by atoms with van der Waals surface area (Å²) >= 11 is 5.83. The van der Waals surface area contributed by atoms with Gasteiger partial charge in [0, 0.05) is 18.6 Å². The average molecular weight is 316 g/mol. The fourth-order valence-electron chi connectivity index (χ4n) is 1.72. The zero-order chi connectivity index (χ0) is 15.6. The molecule has 0 amide bonds. The van der Waals surface area contributed by atoms with Crippen molar-refractivity contribution in [1.29, 1.82) is 5.26 Å². The molecule has 0 bridgehead atoms. The molecule has 0 heterocycles. The van der Waals surface area contributed by atoms with Crippen LogP contribution >= 0.6 is 11.6 Å². The third-order valence-electron chi connectivity index (χ3n) is 2.96. The number of nitrogens with zero attached hydrogens (tertiary/aromatic N) is 2. The second-order valence-electron chi connectivity index (χ2n) is 5.38. The number of benzene rings is 1. The number of halogens is 1. The molecule has 0 spiro atoms. The topological polar surface area (TPSA) is 87.2 Å². The van der Waals surface area contributed by atoms with Crippen LogP contribution < -0.4 is 5.73 Å². The molecule has 2 N–H and O–H groups in total. The van der Waals surface area contributed by atoms with Gasteiger partial charge in [-0.15, -0.1) is 0 Å². The van der Waals surface area contributed by atoms with Crippen LogP contribution in [0.15, 0.2) is 23.1 Å². The molecule has 20 heavy (non-hydrogen) atoms. The van der Waals surface area contributed by atoms with Crippen LogP contribution in [0.1, 0.15) is 19.4 Å². The van der Waals surface area contributed by atoms with Crippen LogP contribution in [0.5, 0.6) is 0 Å². The molecule has 0 aliphatic rings. The van der Waals surface area contributed by atoms with Crippen molar-refractivity contribution in [2.45, 2.75) is 18.7 Å². The number of hydrogen-bond acceptors (Lipinski definition) is 4. The van der Waals surface area contributed by atoms with Crippen molar-refractivity contribution in [3.8, 4) is 6.07 Å². The van der Waals surface area contributed by atoms with E-state index in [-0.39, 0.29) is 27.4 Å². The van der Waals surface area contributed by atoms with Gasteiger partial charge in [-0.25, -0.2) is 12.7 Å². The van der Waals surface area contributed by atoms with E-state index in [1.165, 1.54) is 29.6 Å². The smallest absolute Gasteiger partial charge is 0.244 e. The minimum absolute atomic E-state index is 0.0757. The Labute approximate surface area is 125 Å². The Kier molecular flexibility index (Phi) is 5.16. The third kappa shape index (κ3) is 3.70. The fraction of sp³-hybridized carbons (Fsp3) is 0.462. The molecule has 0 aliphatic carbocycles. The predicted molar refractivity (Wildman–Crippen MR) is 78.8 cm³/mol. The van der Waals surface area contributed by atoms with E-state index < -0.39 is 10.0 Å². The maximum absolute atomic E-state index is 12.5. The van der Waals surface area contributed by atoms with Crippen LogP contribution in [0.2, 0.25) is 5.02 Å². The standard InChI is InChI=1S/C13H18ClN3O2S/c1-13(2,8-16)9-17(3)20(18,19)12-6-11(14)5-4-10(12)7-15/h4-6H,8-9,16H2,1-3H3. The monoisotopic (exact) mass is 315 g/mol. The van der Waals surface area contributed by atoms with E-state index >= 15 is 0 Å². The van der Waals surface area contributed by atoms with Crippen LogP contribution in [0.25, 0.3) is 0 Å². The SMILES string of the molecule is CN(CC(C)(C)CN)S(=O)(=O)c1cc(Cl)ccc1C#N. The number of sulfonamides is 1. The number of nitriles is 1. The maximum Gasteiger partial charge on any atom is 0.244 e. The van der Waals surface area contributed by atoms with Crippen molar-refractivity contribution in [2.75, 3.05) is 20.1 Å². The van der Waals surface area contributed by atoms with Crippen LogP contribution in [0.3, 0.4) is 0 Å². The summed E-state index contributed by atoms with van der Waals surface area (Å²) in [5.74, 6) is 0. The van der Waals surface area contributed by atoms with Crippen molar-refractivity contribution >= 4 is 21.6 Å². The fourth-order valence-corrected chi connectivity index (χ4v) is 3.48. The van der Waals surface area contributed by atoms with E-state index in [9.17, 15) is 8.42 Å². The quantitative estimate of drug-likeness (QED) is 0.897. The average Bonchev–Trinajstić information content (AvgIpc) is 2.38. The molecule has 1 rings (SSSR count). The molecular formula is C13H18ClN3O2S. The summed E-state index contributed by atoms with van der Waals surface area (Å²) in [6.07, 6.45) is 0. The van der Waals surface area contributed by atoms with Gasteiger partial charge in [-0.3, -0.25) is 0 Å². The normalized spacial score (nSPS) is 12.4. The van der Waals surface area contributed by atoms with Crippen molar-refractivity contribution < 1.29 is 8.42 Å². The molecule has 110 valence electrons. The minimum Gasteiger partial charge on any atom is -0.330 e. The summed E-state index contributed by atoms with van der Waals surface area (Å²) < 4.78 is 26.3. The van der Waals surface area contributed by atoms with Gasteiger partial charge < -0.3 is 5.73 Å². The Morgan fingerprint density at radius 2 is 2.05 bits per heavy atom. The van der Waals surface area contributed by atoms with E-state index in [0.29, 0.717) is 6.54 Å². The van der Waals surface area contributed by atoms with Gasteiger partial charge in [0.1, 0.15) is 11.0 Å². The molecule has 0 radical (unpaired) electrons. The maximum atomic E-state index is 12.5. The zero-order valence-corrected chi connectivity index (χ0v) is 13.3. The van der Waals surface area contributed by atoms with E-state index in [0.717, 1.165) is 0 Å². The van der Waals surface area contributed by atoms with Crippen molar-refractivity contribution in [1.82, 2.24) is 4.31 Å². The molecule has 0 fully saturated rings. The highest BCUT2D eigenvalue weighted by atomic mass is 35.5. The first kappa shape index (κ1) is 16.9. The minimum atomic E-state index is -3.78. The van der Waals surface area contributed by atoms with Gasteiger partial charge in [-0.05, 0) is 30.2 Å². The first-order chi connectivity index (χ1) is 9.14.